The average Bonchev–Trinajstić information content (AvgIpc) is 2.72. The first-order valence-electron chi connectivity index (χ1n) is 10.7. The lowest BCUT2D eigenvalue weighted by atomic mass is 10.2. The normalized spacial score (nSPS) is 16.2. The van der Waals surface area contributed by atoms with Crippen molar-refractivity contribution >= 4 is 5.96 Å². The van der Waals surface area contributed by atoms with Crippen LogP contribution in [-0.4, -0.2) is 87.2 Å². The van der Waals surface area contributed by atoms with Crippen LogP contribution in [0.15, 0.2) is 29.3 Å². The first-order chi connectivity index (χ1) is 13.7. The van der Waals surface area contributed by atoms with Gasteiger partial charge in [-0.15, -0.1) is 0 Å². The number of hydrogen-bond acceptors (Lipinski definition) is 4. The molecule has 0 radical (unpaired) electrons. The topological polar surface area (TPSA) is 43.3 Å². The highest BCUT2D eigenvalue weighted by Gasteiger charge is 2.14. The fourth-order valence-corrected chi connectivity index (χ4v) is 3.58. The number of nitrogens with one attached hydrogen (secondary N) is 1. The summed E-state index contributed by atoms with van der Waals surface area (Å²) < 4.78 is 5.51. The minimum atomic E-state index is 0.699. The molecule has 6 heteroatoms. The van der Waals surface area contributed by atoms with Gasteiger partial charge in [0, 0.05) is 53.4 Å². The molecule has 0 aliphatic carbocycles. The van der Waals surface area contributed by atoms with Gasteiger partial charge >= 0.3 is 0 Å². The minimum Gasteiger partial charge on any atom is -0.494 e. The molecule has 0 aromatic heterocycles. The van der Waals surface area contributed by atoms with Gasteiger partial charge in [0.05, 0.1) is 6.61 Å². The van der Waals surface area contributed by atoms with Crippen molar-refractivity contribution in [3.05, 3.63) is 29.8 Å². The van der Waals surface area contributed by atoms with E-state index in [0.29, 0.717) is 6.61 Å². The molecular formula is C22H39N5O. The van der Waals surface area contributed by atoms with Gasteiger partial charge in [-0.25, -0.2) is 0 Å². The molecule has 158 valence electrons. The lowest BCUT2D eigenvalue weighted by Gasteiger charge is -2.34. The van der Waals surface area contributed by atoms with E-state index in [2.05, 4.69) is 51.1 Å². The molecular weight excluding hydrogens is 350 g/mol. The van der Waals surface area contributed by atoms with Gasteiger partial charge in [0.1, 0.15) is 5.75 Å². The highest BCUT2D eigenvalue weighted by molar-refractivity contribution is 5.79. The maximum atomic E-state index is 5.51. The fraction of sp³-hybridized carbons (Fsp3) is 0.682. The lowest BCUT2D eigenvalue weighted by Crippen LogP contribution is -2.46. The zero-order valence-corrected chi connectivity index (χ0v) is 18.3. The van der Waals surface area contributed by atoms with Crippen molar-refractivity contribution in [3.63, 3.8) is 0 Å². The summed E-state index contributed by atoms with van der Waals surface area (Å²) in [6.45, 7) is 14.0. The molecule has 28 heavy (non-hydrogen) atoms. The van der Waals surface area contributed by atoms with Crippen LogP contribution < -0.4 is 10.1 Å². The third-order valence-corrected chi connectivity index (χ3v) is 5.32. The summed E-state index contributed by atoms with van der Waals surface area (Å²) in [7, 11) is 3.93. The van der Waals surface area contributed by atoms with Crippen molar-refractivity contribution < 1.29 is 4.74 Å². The molecule has 0 unspecified atom stereocenters. The largest absolute Gasteiger partial charge is 0.494 e. The van der Waals surface area contributed by atoms with E-state index in [1.165, 1.54) is 57.7 Å². The number of piperazine rings is 1. The number of hydrogen-bond donors (Lipinski definition) is 1. The smallest absolute Gasteiger partial charge is 0.193 e. The first-order valence-corrected chi connectivity index (χ1v) is 10.7. The maximum absolute atomic E-state index is 5.51. The summed E-state index contributed by atoms with van der Waals surface area (Å²) in [5, 5.41) is 3.50. The lowest BCUT2D eigenvalue weighted by molar-refractivity contribution is 0.136. The van der Waals surface area contributed by atoms with Crippen LogP contribution in [0.4, 0.5) is 0 Å². The number of benzene rings is 1. The van der Waals surface area contributed by atoms with Gasteiger partial charge in [0.15, 0.2) is 5.96 Å². The molecule has 1 aliphatic heterocycles. The number of guanidine groups is 1. The van der Waals surface area contributed by atoms with E-state index >= 15 is 0 Å². The van der Waals surface area contributed by atoms with Crippen LogP contribution >= 0.6 is 0 Å². The number of nitrogens with zero attached hydrogens (tertiary/aromatic N) is 4. The third-order valence-electron chi connectivity index (χ3n) is 5.32. The van der Waals surface area contributed by atoms with Crippen LogP contribution in [0.5, 0.6) is 5.75 Å². The molecule has 1 aliphatic rings. The second-order valence-corrected chi connectivity index (χ2v) is 7.39. The molecule has 1 heterocycles. The van der Waals surface area contributed by atoms with Gasteiger partial charge < -0.3 is 24.8 Å². The predicted octanol–water partition coefficient (Wildman–Crippen LogP) is 2.51. The Morgan fingerprint density at radius 3 is 2.36 bits per heavy atom. The minimum absolute atomic E-state index is 0.699. The van der Waals surface area contributed by atoms with Gasteiger partial charge in [-0.2, -0.15) is 0 Å². The number of ether oxygens (including phenoxy) is 1. The third kappa shape index (κ3) is 7.68. The van der Waals surface area contributed by atoms with Gasteiger partial charge in [-0.1, -0.05) is 19.1 Å². The Balaban J connectivity index is 1.63. The monoisotopic (exact) mass is 389 g/mol. The van der Waals surface area contributed by atoms with Crippen molar-refractivity contribution in [1.29, 1.82) is 0 Å². The summed E-state index contributed by atoms with van der Waals surface area (Å²) in [6, 6.07) is 8.30. The zero-order chi connectivity index (χ0) is 20.2. The Morgan fingerprint density at radius 2 is 1.75 bits per heavy atom. The summed E-state index contributed by atoms with van der Waals surface area (Å²) >= 11 is 0. The summed E-state index contributed by atoms with van der Waals surface area (Å²) in [5.74, 6) is 1.87. The fourth-order valence-electron chi connectivity index (χ4n) is 3.58. The number of aliphatic imine (C=N–C) groups is 1. The zero-order valence-electron chi connectivity index (χ0n) is 18.3. The van der Waals surface area contributed by atoms with Crippen molar-refractivity contribution in [1.82, 2.24) is 20.0 Å². The van der Waals surface area contributed by atoms with Gasteiger partial charge in [0.2, 0.25) is 0 Å². The molecule has 0 saturated carbocycles. The molecule has 1 fully saturated rings. The molecule has 0 atom stereocenters. The summed E-state index contributed by atoms with van der Waals surface area (Å²) in [5.41, 5.74) is 1.25. The summed E-state index contributed by atoms with van der Waals surface area (Å²) in [4.78, 5) is 11.7. The van der Waals surface area contributed by atoms with E-state index in [1.54, 1.807) is 0 Å². The van der Waals surface area contributed by atoms with Crippen LogP contribution in [-0.2, 0) is 6.54 Å². The molecule has 1 aromatic carbocycles. The Kier molecular flexibility index (Phi) is 10.1. The Bertz CT molecular complexity index is 567. The molecule has 1 saturated heterocycles. The molecule has 1 aromatic rings. The average molecular weight is 390 g/mol. The second kappa shape index (κ2) is 12.6. The van der Waals surface area contributed by atoms with Gasteiger partial charge in [-0.05, 0) is 50.6 Å². The van der Waals surface area contributed by atoms with Crippen LogP contribution in [0.2, 0.25) is 0 Å². The van der Waals surface area contributed by atoms with Crippen molar-refractivity contribution in [3.8, 4) is 5.75 Å². The molecule has 0 amide bonds. The quantitative estimate of drug-likeness (QED) is 0.378. The molecule has 6 nitrogen and oxygen atoms in total. The van der Waals surface area contributed by atoms with Crippen LogP contribution in [0, 0.1) is 0 Å². The second-order valence-electron chi connectivity index (χ2n) is 7.39. The van der Waals surface area contributed by atoms with Crippen molar-refractivity contribution in [2.24, 2.45) is 4.99 Å². The molecule has 0 bridgehead atoms. The van der Waals surface area contributed by atoms with E-state index in [0.717, 1.165) is 24.8 Å². The summed E-state index contributed by atoms with van der Waals surface area (Å²) in [6.07, 6.45) is 2.41. The SMILES string of the molecule is CCOc1ccc(CN(C)C(=NC)NCCCCN2CCN(CC)CC2)cc1. The van der Waals surface area contributed by atoms with E-state index in [4.69, 9.17) is 4.74 Å². The highest BCUT2D eigenvalue weighted by atomic mass is 16.5. The molecule has 2 rings (SSSR count). The van der Waals surface area contributed by atoms with Crippen LogP contribution in [0.1, 0.15) is 32.3 Å². The Hall–Kier alpha value is -1.79. The van der Waals surface area contributed by atoms with E-state index in [1.807, 2.05) is 26.1 Å². The van der Waals surface area contributed by atoms with E-state index in [-0.39, 0.29) is 0 Å². The first kappa shape index (κ1) is 22.5. The van der Waals surface area contributed by atoms with E-state index < -0.39 is 0 Å². The van der Waals surface area contributed by atoms with Gasteiger partial charge in [0.25, 0.3) is 0 Å². The van der Waals surface area contributed by atoms with Crippen molar-refractivity contribution in [2.75, 3.05) is 66.5 Å². The predicted molar refractivity (Wildman–Crippen MR) is 118 cm³/mol. The Morgan fingerprint density at radius 1 is 1.07 bits per heavy atom. The molecule has 0 spiro atoms. The van der Waals surface area contributed by atoms with Crippen LogP contribution in [0.25, 0.3) is 0 Å². The van der Waals surface area contributed by atoms with Gasteiger partial charge in [-0.3, -0.25) is 4.99 Å². The van der Waals surface area contributed by atoms with Crippen LogP contribution in [0.3, 0.4) is 0 Å². The number of unbranched alkanes of at least 4 members (excludes halogenated alkanes) is 1. The highest BCUT2D eigenvalue weighted by Crippen LogP contribution is 2.13. The standard InChI is InChI=1S/C22H39N5O/c1-5-26-15-17-27(18-16-26)14-8-7-13-24-22(23-3)25(4)19-20-9-11-21(12-10-20)28-6-2/h9-12H,5-8,13-19H2,1-4H3,(H,23,24). The number of likely N-dealkylation sites (N-methyl/N-ethyl adjacent to an activating group) is 1. The molecule has 1 N–H and O–H groups in total. The van der Waals surface area contributed by atoms with Crippen molar-refractivity contribution in [2.45, 2.75) is 33.2 Å². The number of rotatable bonds is 10. The Labute approximate surface area is 171 Å². The maximum Gasteiger partial charge on any atom is 0.193 e. The van der Waals surface area contributed by atoms with E-state index in [9.17, 15) is 0 Å².